The largest absolute Gasteiger partial charge is 0.266 e. The van der Waals surface area contributed by atoms with Crippen LogP contribution in [0.1, 0.15) is 44.9 Å². The zero-order valence-corrected chi connectivity index (χ0v) is 7.36. The lowest BCUT2D eigenvalue weighted by Crippen LogP contribution is -2.11. The molecule has 0 aliphatic heterocycles. The van der Waals surface area contributed by atoms with Gasteiger partial charge in [-0.05, 0) is 25.3 Å². The second kappa shape index (κ2) is 4.58. The summed E-state index contributed by atoms with van der Waals surface area (Å²) in [7, 11) is 0. The second-order valence-electron chi connectivity index (χ2n) is 3.47. The first-order chi connectivity index (χ1) is 5.71. The molecule has 0 radical (unpaired) electrons. The first kappa shape index (κ1) is 9.69. The van der Waals surface area contributed by atoms with E-state index >= 15 is 0 Å². The van der Waals surface area contributed by atoms with E-state index in [1.807, 2.05) is 0 Å². The molecule has 0 N–H and O–H groups in total. The lowest BCUT2D eigenvalue weighted by molar-refractivity contribution is 0.0421. The fourth-order valence-corrected chi connectivity index (χ4v) is 1.49. The van der Waals surface area contributed by atoms with Gasteiger partial charge in [-0.3, -0.25) is 0 Å². The monoisotopic (exact) mass is 174 g/mol. The Kier molecular flexibility index (Phi) is 3.70. The van der Waals surface area contributed by atoms with Crippen molar-refractivity contribution in [1.82, 2.24) is 0 Å². The maximum Gasteiger partial charge on any atom is 0.266 e. The zero-order valence-electron chi connectivity index (χ0n) is 7.36. The van der Waals surface area contributed by atoms with E-state index in [9.17, 15) is 8.78 Å². The van der Waals surface area contributed by atoms with Crippen molar-refractivity contribution in [2.75, 3.05) is 0 Å². The third-order valence-electron chi connectivity index (χ3n) is 2.24. The molecular formula is C10H16F2. The predicted molar refractivity (Wildman–Crippen MR) is 46.4 cm³/mol. The molecule has 1 aliphatic carbocycles. The molecule has 70 valence electrons. The molecule has 0 bridgehead atoms. The third-order valence-corrected chi connectivity index (χ3v) is 2.24. The molecule has 0 aromatic carbocycles. The minimum atomic E-state index is -2.54. The quantitative estimate of drug-likeness (QED) is 0.488. The molecule has 0 saturated heterocycles. The van der Waals surface area contributed by atoms with E-state index in [1.54, 1.807) is 6.08 Å². The maximum absolute atomic E-state index is 12.9. The number of hydrogen-bond acceptors (Lipinski definition) is 0. The highest BCUT2D eigenvalue weighted by Gasteiger charge is 2.23. The predicted octanol–water partition coefficient (Wildman–Crippen LogP) is 3.92. The van der Waals surface area contributed by atoms with Gasteiger partial charge in [0.15, 0.2) is 0 Å². The van der Waals surface area contributed by atoms with E-state index in [1.165, 1.54) is 6.42 Å². The molecule has 1 aliphatic rings. The number of allylic oxidation sites excluding steroid dienone is 2. The normalized spacial score (nSPS) is 27.8. The third kappa shape index (κ3) is 3.84. The standard InChI is InChI=1S/C10H16F2/c11-10(12)8-6-4-2-1-3-5-7-9-10/h6,8H,1-5,7,9H2/b8-6+. The van der Waals surface area contributed by atoms with Crippen LogP contribution in [0.25, 0.3) is 0 Å². The molecular weight excluding hydrogens is 158 g/mol. The van der Waals surface area contributed by atoms with Crippen LogP contribution in [0.5, 0.6) is 0 Å². The number of rotatable bonds is 0. The molecule has 0 aromatic heterocycles. The minimum absolute atomic E-state index is 0.0312. The van der Waals surface area contributed by atoms with Crippen molar-refractivity contribution >= 4 is 0 Å². The highest BCUT2D eigenvalue weighted by atomic mass is 19.3. The van der Waals surface area contributed by atoms with Gasteiger partial charge in [-0.1, -0.05) is 25.3 Å². The SMILES string of the molecule is FC1(F)/C=C/CCCCCCC1. The van der Waals surface area contributed by atoms with Crippen molar-refractivity contribution in [3.05, 3.63) is 12.2 Å². The molecule has 1 rings (SSSR count). The van der Waals surface area contributed by atoms with E-state index in [0.29, 0.717) is 6.42 Å². The lowest BCUT2D eigenvalue weighted by atomic mass is 10.0. The van der Waals surface area contributed by atoms with Crippen LogP contribution in [0, 0.1) is 0 Å². The van der Waals surface area contributed by atoms with Gasteiger partial charge in [0, 0.05) is 6.42 Å². The smallest absolute Gasteiger partial charge is 0.202 e. The molecule has 12 heavy (non-hydrogen) atoms. The van der Waals surface area contributed by atoms with Crippen molar-refractivity contribution in [3.63, 3.8) is 0 Å². The Labute approximate surface area is 72.7 Å². The summed E-state index contributed by atoms with van der Waals surface area (Å²) in [6, 6.07) is 0. The fraction of sp³-hybridized carbons (Fsp3) is 0.800. The summed E-state index contributed by atoms with van der Waals surface area (Å²) in [6.45, 7) is 0. The Morgan fingerprint density at radius 3 is 2.42 bits per heavy atom. The van der Waals surface area contributed by atoms with Gasteiger partial charge in [0.1, 0.15) is 0 Å². The fourth-order valence-electron chi connectivity index (χ4n) is 1.49. The van der Waals surface area contributed by atoms with Crippen molar-refractivity contribution in [1.29, 1.82) is 0 Å². The van der Waals surface area contributed by atoms with E-state index in [-0.39, 0.29) is 6.42 Å². The van der Waals surface area contributed by atoms with Gasteiger partial charge in [-0.2, -0.15) is 0 Å². The van der Waals surface area contributed by atoms with Gasteiger partial charge in [0.2, 0.25) is 0 Å². The Bertz CT molecular complexity index is 150. The van der Waals surface area contributed by atoms with Gasteiger partial charge in [0.05, 0.1) is 0 Å². The summed E-state index contributed by atoms with van der Waals surface area (Å²) >= 11 is 0. The van der Waals surface area contributed by atoms with Gasteiger partial charge < -0.3 is 0 Å². The van der Waals surface area contributed by atoms with Crippen LogP contribution in [0.2, 0.25) is 0 Å². The highest BCUT2D eigenvalue weighted by molar-refractivity contribution is 4.94. The molecule has 0 spiro atoms. The minimum Gasteiger partial charge on any atom is -0.202 e. The Morgan fingerprint density at radius 1 is 0.917 bits per heavy atom. The molecule has 0 amide bonds. The molecule has 0 fully saturated rings. The lowest BCUT2D eigenvalue weighted by Gasteiger charge is -2.12. The van der Waals surface area contributed by atoms with Crippen molar-refractivity contribution in [3.8, 4) is 0 Å². The number of hydrogen-bond donors (Lipinski definition) is 0. The molecule has 2 heteroatoms. The van der Waals surface area contributed by atoms with Crippen molar-refractivity contribution in [2.45, 2.75) is 50.9 Å². The average molecular weight is 174 g/mol. The van der Waals surface area contributed by atoms with Crippen LogP contribution in [0.15, 0.2) is 12.2 Å². The Balaban J connectivity index is 2.42. The van der Waals surface area contributed by atoms with E-state index in [0.717, 1.165) is 31.8 Å². The molecule has 0 heterocycles. The summed E-state index contributed by atoms with van der Waals surface area (Å²) in [4.78, 5) is 0. The summed E-state index contributed by atoms with van der Waals surface area (Å²) < 4.78 is 25.7. The summed E-state index contributed by atoms with van der Waals surface area (Å²) in [6.07, 6.45) is 8.55. The van der Waals surface area contributed by atoms with Crippen LogP contribution in [-0.4, -0.2) is 5.92 Å². The van der Waals surface area contributed by atoms with E-state index in [4.69, 9.17) is 0 Å². The Hall–Kier alpha value is -0.400. The highest BCUT2D eigenvalue weighted by Crippen LogP contribution is 2.25. The van der Waals surface area contributed by atoms with Crippen LogP contribution in [0.3, 0.4) is 0 Å². The molecule has 0 atom stereocenters. The Morgan fingerprint density at radius 2 is 1.58 bits per heavy atom. The number of alkyl halides is 2. The second-order valence-corrected chi connectivity index (χ2v) is 3.47. The molecule has 0 aromatic rings. The van der Waals surface area contributed by atoms with Gasteiger partial charge >= 0.3 is 0 Å². The average Bonchev–Trinajstić information content (AvgIpc) is 2.02. The molecule has 0 nitrogen and oxygen atoms in total. The van der Waals surface area contributed by atoms with Gasteiger partial charge in [-0.25, -0.2) is 8.78 Å². The van der Waals surface area contributed by atoms with Gasteiger partial charge in [-0.15, -0.1) is 0 Å². The summed E-state index contributed by atoms with van der Waals surface area (Å²) in [5.74, 6) is -2.54. The van der Waals surface area contributed by atoms with E-state index < -0.39 is 5.92 Å². The number of halogens is 2. The van der Waals surface area contributed by atoms with Crippen LogP contribution >= 0.6 is 0 Å². The topological polar surface area (TPSA) is 0 Å². The van der Waals surface area contributed by atoms with Crippen molar-refractivity contribution in [2.24, 2.45) is 0 Å². The zero-order chi connectivity index (χ0) is 8.86. The summed E-state index contributed by atoms with van der Waals surface area (Å²) in [5.41, 5.74) is 0. The van der Waals surface area contributed by atoms with E-state index in [2.05, 4.69) is 0 Å². The van der Waals surface area contributed by atoms with Crippen LogP contribution < -0.4 is 0 Å². The van der Waals surface area contributed by atoms with Gasteiger partial charge in [0.25, 0.3) is 5.92 Å². The van der Waals surface area contributed by atoms with Crippen molar-refractivity contribution < 1.29 is 8.78 Å². The van der Waals surface area contributed by atoms with Crippen LogP contribution in [0.4, 0.5) is 8.78 Å². The van der Waals surface area contributed by atoms with Crippen LogP contribution in [-0.2, 0) is 0 Å². The first-order valence-corrected chi connectivity index (χ1v) is 4.76. The first-order valence-electron chi connectivity index (χ1n) is 4.76. The molecule has 0 saturated carbocycles. The molecule has 0 unspecified atom stereocenters. The maximum atomic E-state index is 12.9. The summed E-state index contributed by atoms with van der Waals surface area (Å²) in [5, 5.41) is 0.